The van der Waals surface area contributed by atoms with E-state index in [4.69, 9.17) is 0 Å². The fourth-order valence-electron chi connectivity index (χ4n) is 3.03. The summed E-state index contributed by atoms with van der Waals surface area (Å²) >= 11 is 8.10. The molecule has 0 unspecified atom stereocenters. The van der Waals surface area contributed by atoms with Crippen LogP contribution in [0, 0.1) is 6.92 Å². The lowest BCUT2D eigenvalue weighted by molar-refractivity contribution is -0.358. The molecule has 2 aromatic heterocycles. The maximum Gasteiger partial charge on any atom is 0.738 e. The normalized spacial score (nSPS) is 19.0. The van der Waals surface area contributed by atoms with E-state index in [-0.39, 0.29) is 0 Å². The quantitative estimate of drug-likeness (QED) is 0.546. The lowest BCUT2D eigenvalue weighted by Gasteiger charge is -2.32. The summed E-state index contributed by atoms with van der Waals surface area (Å²) in [5.74, 6) is 0. The number of fused-ring (bicyclic) bond motifs is 2. The Morgan fingerprint density at radius 3 is 2.64 bits per heavy atom. The highest BCUT2D eigenvalue weighted by atomic mass is 79.9. The van der Waals surface area contributed by atoms with Crippen molar-refractivity contribution in [2.24, 2.45) is 0 Å². The number of aryl methyl sites for hydroxylation is 1. The zero-order chi connectivity index (χ0) is 15.6. The Bertz CT molecular complexity index is 908. The fraction of sp³-hybridized carbons (Fsp3) is 0.0714. The first kappa shape index (κ1) is 14.6. The zero-order valence-corrected chi connectivity index (χ0v) is 15.3. The average Bonchev–Trinajstić information content (AvgIpc) is 3.12. The number of aromatic nitrogens is 1. The Hall–Kier alpha value is -0.985. The van der Waals surface area contributed by atoms with Crippen LogP contribution in [0.3, 0.4) is 0 Å². The highest BCUT2D eigenvalue weighted by molar-refractivity contribution is 9.18. The van der Waals surface area contributed by atoms with Gasteiger partial charge in [0.05, 0.1) is 10.2 Å². The number of hydrogen-bond donors (Lipinski definition) is 0. The standard InChI is InChI=1S/C14H9BBr2F2N2S/c1-8-6-22-7-9(8)14-10-2-4-12(16)20(10)15(18,19)21-11(14)3-5-13(21)17/h2-7H,1H3. The van der Waals surface area contributed by atoms with Crippen molar-refractivity contribution in [3.05, 3.63) is 62.2 Å². The maximum absolute atomic E-state index is 15.0. The maximum atomic E-state index is 15.0. The molecule has 22 heavy (non-hydrogen) atoms. The van der Waals surface area contributed by atoms with E-state index in [0.717, 1.165) is 25.7 Å². The van der Waals surface area contributed by atoms with Gasteiger partial charge in [0.25, 0.3) is 0 Å². The van der Waals surface area contributed by atoms with Gasteiger partial charge in [-0.25, -0.2) is 0 Å². The van der Waals surface area contributed by atoms with Gasteiger partial charge in [0.15, 0.2) is 5.70 Å². The van der Waals surface area contributed by atoms with Crippen molar-refractivity contribution in [1.29, 1.82) is 0 Å². The van der Waals surface area contributed by atoms with E-state index in [0.29, 0.717) is 20.6 Å². The van der Waals surface area contributed by atoms with Crippen molar-refractivity contribution in [2.45, 2.75) is 6.92 Å². The molecule has 0 radical (unpaired) electrons. The van der Waals surface area contributed by atoms with Gasteiger partial charge in [-0.05, 0) is 51.3 Å². The highest BCUT2D eigenvalue weighted by Crippen LogP contribution is 2.43. The van der Waals surface area contributed by atoms with Gasteiger partial charge in [-0.3, -0.25) is 0 Å². The zero-order valence-electron chi connectivity index (χ0n) is 11.4. The smallest absolute Gasteiger partial charge is 0.389 e. The van der Waals surface area contributed by atoms with Crippen molar-refractivity contribution in [3.63, 3.8) is 0 Å². The molecule has 2 aliphatic heterocycles. The Kier molecular flexibility index (Phi) is 3.15. The van der Waals surface area contributed by atoms with Crippen molar-refractivity contribution < 1.29 is 13.1 Å². The number of halogens is 4. The summed E-state index contributed by atoms with van der Waals surface area (Å²) in [4.78, 5) is 0. The van der Waals surface area contributed by atoms with Crippen LogP contribution in [0.4, 0.5) is 8.63 Å². The van der Waals surface area contributed by atoms with E-state index in [1.165, 1.54) is 0 Å². The molecule has 0 amide bonds. The third-order valence-corrected chi connectivity index (χ3v) is 6.15. The first-order valence-electron chi connectivity index (χ1n) is 6.60. The molecule has 4 heterocycles. The summed E-state index contributed by atoms with van der Waals surface area (Å²) in [7, 11) is 0. The van der Waals surface area contributed by atoms with Crippen LogP contribution in [0.2, 0.25) is 0 Å². The van der Waals surface area contributed by atoms with E-state index in [9.17, 15) is 0 Å². The number of thiophene rings is 1. The largest absolute Gasteiger partial charge is 0.738 e. The number of nitrogens with zero attached hydrogens (tertiary/aromatic N) is 2. The number of rotatable bonds is 1. The van der Waals surface area contributed by atoms with Crippen LogP contribution in [0.1, 0.15) is 16.8 Å². The molecule has 0 atom stereocenters. The third kappa shape index (κ3) is 1.77. The summed E-state index contributed by atoms with van der Waals surface area (Å²) in [6.07, 6.45) is 3.42. The average molecular weight is 446 g/mol. The summed E-state index contributed by atoms with van der Waals surface area (Å²) < 4.78 is 33.0. The van der Waals surface area contributed by atoms with E-state index < -0.39 is 6.97 Å². The van der Waals surface area contributed by atoms with Gasteiger partial charge < -0.3 is 17.6 Å². The highest BCUT2D eigenvalue weighted by Gasteiger charge is 2.54. The van der Waals surface area contributed by atoms with Crippen molar-refractivity contribution in [2.75, 3.05) is 0 Å². The summed E-state index contributed by atoms with van der Waals surface area (Å²) in [6, 6.07) is 3.42. The summed E-state index contributed by atoms with van der Waals surface area (Å²) in [5, 5.41) is 4.04. The van der Waals surface area contributed by atoms with E-state index in [1.807, 2.05) is 17.7 Å². The van der Waals surface area contributed by atoms with Gasteiger partial charge in [-0.2, -0.15) is 11.3 Å². The van der Waals surface area contributed by atoms with Crippen molar-refractivity contribution in [3.8, 4) is 0 Å². The van der Waals surface area contributed by atoms with Gasteiger partial charge in [0.2, 0.25) is 4.62 Å². The molecular weight excluding hydrogens is 437 g/mol. The molecule has 2 nitrogen and oxygen atoms in total. The van der Waals surface area contributed by atoms with Gasteiger partial charge in [0, 0.05) is 39.3 Å². The molecule has 112 valence electrons. The van der Waals surface area contributed by atoms with Crippen LogP contribution in [-0.4, -0.2) is 20.6 Å². The van der Waals surface area contributed by atoms with Crippen LogP contribution < -0.4 is 0 Å². The molecule has 2 aliphatic rings. The molecule has 0 fully saturated rings. The first-order chi connectivity index (χ1) is 10.4. The molecule has 0 aliphatic carbocycles. The second-order valence-electron chi connectivity index (χ2n) is 5.25. The number of hydrogen-bond acceptors (Lipinski definition) is 1. The SMILES string of the molecule is Cc1cscc1C1=C2C=CC(Br)=[N+]2[B-](F)(F)n2c(Br)ccc21. The van der Waals surface area contributed by atoms with E-state index >= 15 is 8.63 Å². The minimum absolute atomic E-state index is 0.379. The first-order valence-corrected chi connectivity index (χ1v) is 9.12. The lowest BCUT2D eigenvalue weighted by atomic mass is 9.86. The monoisotopic (exact) mass is 444 g/mol. The van der Waals surface area contributed by atoms with Gasteiger partial charge in [-0.15, -0.1) is 0 Å². The Morgan fingerprint density at radius 1 is 1.18 bits per heavy atom. The van der Waals surface area contributed by atoms with Gasteiger partial charge in [0.1, 0.15) is 0 Å². The second kappa shape index (κ2) is 4.75. The molecule has 8 heteroatoms. The second-order valence-corrected chi connectivity index (χ2v) is 7.62. The molecule has 2 aromatic rings. The Balaban J connectivity index is 2.15. The van der Waals surface area contributed by atoms with Crippen LogP contribution in [0.15, 0.2) is 45.3 Å². The Morgan fingerprint density at radius 2 is 1.95 bits per heavy atom. The van der Waals surface area contributed by atoms with Crippen molar-refractivity contribution >= 4 is 60.4 Å². The predicted octanol–water partition coefficient (Wildman–Crippen LogP) is 4.99. The molecule has 4 rings (SSSR count). The Labute approximate surface area is 146 Å². The molecule has 0 aromatic carbocycles. The molecular formula is C14H9BBr2F2N2S. The molecule has 0 bridgehead atoms. The van der Waals surface area contributed by atoms with E-state index in [1.54, 1.807) is 35.6 Å². The van der Waals surface area contributed by atoms with Crippen LogP contribution >= 0.6 is 43.2 Å². The molecule has 0 spiro atoms. The van der Waals surface area contributed by atoms with Gasteiger partial charge in [-0.1, -0.05) is 0 Å². The van der Waals surface area contributed by atoms with Gasteiger partial charge >= 0.3 is 6.97 Å². The minimum Gasteiger partial charge on any atom is -0.389 e. The topological polar surface area (TPSA) is 7.94 Å². The summed E-state index contributed by atoms with van der Waals surface area (Å²) in [5.41, 5.74) is 4.00. The predicted molar refractivity (Wildman–Crippen MR) is 93.9 cm³/mol. The fourth-order valence-corrected chi connectivity index (χ4v) is 5.00. The summed E-state index contributed by atoms with van der Waals surface area (Å²) in [6.45, 7) is -1.94. The van der Waals surface area contributed by atoms with Crippen LogP contribution in [0.25, 0.3) is 5.57 Å². The third-order valence-electron chi connectivity index (χ3n) is 4.00. The molecule has 0 N–H and O–H groups in total. The lowest BCUT2D eigenvalue weighted by Crippen LogP contribution is -2.50. The minimum atomic E-state index is -3.94. The number of allylic oxidation sites excluding steroid dienone is 2. The molecule has 0 saturated heterocycles. The van der Waals surface area contributed by atoms with Crippen molar-refractivity contribution in [1.82, 2.24) is 4.48 Å². The van der Waals surface area contributed by atoms with E-state index in [2.05, 4.69) is 31.9 Å². The van der Waals surface area contributed by atoms with Crippen LogP contribution in [0.5, 0.6) is 0 Å². The molecule has 0 saturated carbocycles. The van der Waals surface area contributed by atoms with Crippen LogP contribution in [-0.2, 0) is 0 Å².